The van der Waals surface area contributed by atoms with E-state index in [2.05, 4.69) is 16.4 Å². The van der Waals surface area contributed by atoms with Crippen molar-refractivity contribution >= 4 is 44.2 Å². The standard InChI is InChI=1S/C25H21N5O2S/c1-14-15(2)33-25(26-14)28-21(31)13-30-20-10-6-4-7-16(20)17-11-12-29-23(22(17)30)27-19-9-5-3-8-18(19)24(29)32/h3-10H,11-13H2,1-2H3,(H,26,28,31). The molecule has 0 atom stereocenters. The number of para-hydroxylation sites is 2. The van der Waals surface area contributed by atoms with E-state index in [-0.39, 0.29) is 18.0 Å². The SMILES string of the molecule is Cc1nc(NC(=O)Cn2c3c(c4ccccc42)CCn2c-3nc3ccccc3c2=O)sc1C. The molecule has 0 aliphatic carbocycles. The predicted molar refractivity (Wildman–Crippen MR) is 131 cm³/mol. The van der Waals surface area contributed by atoms with E-state index in [9.17, 15) is 9.59 Å². The molecule has 4 heterocycles. The third-order valence-electron chi connectivity index (χ3n) is 6.31. The summed E-state index contributed by atoms with van der Waals surface area (Å²) in [6.07, 6.45) is 0.711. The molecule has 2 aromatic carbocycles. The molecule has 8 heteroatoms. The average molecular weight is 456 g/mol. The monoisotopic (exact) mass is 455 g/mol. The lowest BCUT2D eigenvalue weighted by Gasteiger charge is -2.21. The van der Waals surface area contributed by atoms with Crippen LogP contribution in [0.3, 0.4) is 0 Å². The Morgan fingerprint density at radius 3 is 2.61 bits per heavy atom. The van der Waals surface area contributed by atoms with Crippen LogP contribution >= 0.6 is 11.3 Å². The summed E-state index contributed by atoms with van der Waals surface area (Å²) in [5.41, 5.74) is 4.46. The molecule has 0 fully saturated rings. The second-order valence-electron chi connectivity index (χ2n) is 8.30. The molecule has 0 radical (unpaired) electrons. The Bertz CT molecular complexity index is 1620. The molecule has 0 saturated heterocycles. The zero-order valence-electron chi connectivity index (χ0n) is 18.3. The smallest absolute Gasteiger partial charge is 0.261 e. The molecule has 1 aliphatic rings. The van der Waals surface area contributed by atoms with Crippen LogP contribution in [-0.4, -0.2) is 25.0 Å². The number of nitrogens with zero attached hydrogens (tertiary/aromatic N) is 4. The van der Waals surface area contributed by atoms with Gasteiger partial charge in [-0.25, -0.2) is 9.97 Å². The van der Waals surface area contributed by atoms with Gasteiger partial charge in [-0.2, -0.15) is 0 Å². The van der Waals surface area contributed by atoms with Crippen molar-refractivity contribution in [2.45, 2.75) is 33.4 Å². The number of carbonyl (C=O) groups excluding carboxylic acids is 1. The van der Waals surface area contributed by atoms with Gasteiger partial charge >= 0.3 is 0 Å². The summed E-state index contributed by atoms with van der Waals surface area (Å²) >= 11 is 1.47. The minimum atomic E-state index is -0.160. The highest BCUT2D eigenvalue weighted by atomic mass is 32.1. The summed E-state index contributed by atoms with van der Waals surface area (Å²) in [7, 11) is 0. The van der Waals surface area contributed by atoms with Crippen LogP contribution in [-0.2, 0) is 24.3 Å². The summed E-state index contributed by atoms with van der Waals surface area (Å²) in [5, 5.41) is 5.24. The van der Waals surface area contributed by atoms with Gasteiger partial charge in [0.05, 0.1) is 22.3 Å². The first-order valence-electron chi connectivity index (χ1n) is 10.8. The quantitative estimate of drug-likeness (QED) is 0.440. The summed E-state index contributed by atoms with van der Waals surface area (Å²) in [6, 6.07) is 15.5. The number of aryl methyl sites for hydroxylation is 3. The molecule has 0 unspecified atom stereocenters. The van der Waals surface area contributed by atoms with Gasteiger partial charge < -0.3 is 9.88 Å². The number of nitrogens with one attached hydrogen (secondary N) is 1. The zero-order chi connectivity index (χ0) is 22.7. The highest BCUT2D eigenvalue weighted by molar-refractivity contribution is 7.15. The number of carbonyl (C=O) groups is 1. The minimum absolute atomic E-state index is 0.0451. The van der Waals surface area contributed by atoms with Crippen LogP contribution < -0.4 is 10.9 Å². The first kappa shape index (κ1) is 19.9. The van der Waals surface area contributed by atoms with E-state index in [0.29, 0.717) is 34.8 Å². The predicted octanol–water partition coefficient (Wildman–Crippen LogP) is 4.29. The lowest BCUT2D eigenvalue weighted by Crippen LogP contribution is -2.29. The lowest BCUT2D eigenvalue weighted by molar-refractivity contribution is -0.116. The maximum Gasteiger partial charge on any atom is 0.261 e. The Labute approximate surface area is 193 Å². The summed E-state index contributed by atoms with van der Waals surface area (Å²) in [4.78, 5) is 36.7. The van der Waals surface area contributed by atoms with Crippen LogP contribution in [0.2, 0.25) is 0 Å². The molecule has 1 N–H and O–H groups in total. The number of amides is 1. The van der Waals surface area contributed by atoms with E-state index >= 15 is 0 Å². The second kappa shape index (κ2) is 7.38. The third-order valence-corrected chi connectivity index (χ3v) is 7.30. The van der Waals surface area contributed by atoms with Gasteiger partial charge in [0.15, 0.2) is 11.0 Å². The largest absolute Gasteiger partial charge is 0.328 e. The van der Waals surface area contributed by atoms with E-state index in [4.69, 9.17) is 4.98 Å². The third kappa shape index (κ3) is 3.09. The molecular formula is C25H21N5O2S. The molecule has 3 aromatic heterocycles. The normalized spacial score (nSPS) is 12.7. The van der Waals surface area contributed by atoms with E-state index in [0.717, 1.165) is 32.7 Å². The van der Waals surface area contributed by atoms with Crippen LogP contribution in [0, 0.1) is 13.8 Å². The molecule has 0 spiro atoms. The molecular weight excluding hydrogens is 434 g/mol. The van der Waals surface area contributed by atoms with Crippen molar-refractivity contribution in [1.29, 1.82) is 0 Å². The fraction of sp³-hybridized carbons (Fsp3) is 0.200. The summed E-state index contributed by atoms with van der Waals surface area (Å²) in [6.45, 7) is 4.60. The molecule has 6 rings (SSSR count). The maximum atomic E-state index is 13.2. The van der Waals surface area contributed by atoms with Gasteiger partial charge in [-0.1, -0.05) is 30.3 Å². The number of fused-ring (bicyclic) bond motifs is 6. The lowest BCUT2D eigenvalue weighted by atomic mass is 10.0. The summed E-state index contributed by atoms with van der Waals surface area (Å²) < 4.78 is 3.73. The Hall–Kier alpha value is -3.78. The van der Waals surface area contributed by atoms with Gasteiger partial charge in [-0.3, -0.25) is 14.2 Å². The topological polar surface area (TPSA) is 81.8 Å². The Morgan fingerprint density at radius 1 is 1.06 bits per heavy atom. The van der Waals surface area contributed by atoms with Crippen LogP contribution in [0.1, 0.15) is 16.1 Å². The van der Waals surface area contributed by atoms with Gasteiger partial charge in [0.1, 0.15) is 6.54 Å². The molecule has 164 valence electrons. The van der Waals surface area contributed by atoms with E-state index in [1.165, 1.54) is 11.3 Å². The van der Waals surface area contributed by atoms with Crippen molar-refractivity contribution in [2.75, 3.05) is 5.32 Å². The second-order valence-corrected chi connectivity index (χ2v) is 9.50. The van der Waals surface area contributed by atoms with Crippen molar-refractivity contribution in [3.05, 3.63) is 75.0 Å². The number of anilines is 1. The molecule has 33 heavy (non-hydrogen) atoms. The molecule has 0 saturated carbocycles. The van der Waals surface area contributed by atoms with E-state index in [1.807, 2.05) is 60.9 Å². The van der Waals surface area contributed by atoms with Crippen molar-refractivity contribution in [3.8, 4) is 11.5 Å². The number of hydrogen-bond donors (Lipinski definition) is 1. The molecule has 1 amide bonds. The van der Waals surface area contributed by atoms with E-state index < -0.39 is 0 Å². The molecule has 0 bridgehead atoms. The Morgan fingerprint density at radius 2 is 1.82 bits per heavy atom. The van der Waals surface area contributed by atoms with Crippen molar-refractivity contribution < 1.29 is 4.79 Å². The van der Waals surface area contributed by atoms with Crippen molar-refractivity contribution in [3.63, 3.8) is 0 Å². The molecule has 1 aliphatic heterocycles. The van der Waals surface area contributed by atoms with Gasteiger partial charge in [0.25, 0.3) is 5.56 Å². The Kier molecular flexibility index (Phi) is 4.45. The minimum Gasteiger partial charge on any atom is -0.328 e. The molecule has 7 nitrogen and oxygen atoms in total. The van der Waals surface area contributed by atoms with Crippen LogP contribution in [0.4, 0.5) is 5.13 Å². The highest BCUT2D eigenvalue weighted by Gasteiger charge is 2.28. The number of hydrogen-bond acceptors (Lipinski definition) is 5. The number of aromatic nitrogens is 4. The fourth-order valence-electron chi connectivity index (χ4n) is 4.66. The van der Waals surface area contributed by atoms with Crippen LogP contribution in [0.5, 0.6) is 0 Å². The summed E-state index contributed by atoms with van der Waals surface area (Å²) in [5.74, 6) is 0.456. The van der Waals surface area contributed by atoms with Crippen LogP contribution in [0.25, 0.3) is 33.3 Å². The Balaban J connectivity index is 1.52. The van der Waals surface area contributed by atoms with Gasteiger partial charge in [-0.15, -0.1) is 11.3 Å². The molecule has 5 aromatic rings. The van der Waals surface area contributed by atoms with Gasteiger partial charge in [-0.05, 0) is 44.0 Å². The van der Waals surface area contributed by atoms with Crippen molar-refractivity contribution in [2.24, 2.45) is 0 Å². The maximum absolute atomic E-state index is 13.2. The first-order valence-corrected chi connectivity index (χ1v) is 11.7. The first-order chi connectivity index (χ1) is 16.0. The zero-order valence-corrected chi connectivity index (χ0v) is 19.1. The van der Waals surface area contributed by atoms with Crippen LogP contribution in [0.15, 0.2) is 53.3 Å². The number of thiazole rings is 1. The van der Waals surface area contributed by atoms with Gasteiger partial charge in [0, 0.05) is 22.3 Å². The number of rotatable bonds is 3. The van der Waals surface area contributed by atoms with E-state index in [1.54, 1.807) is 4.57 Å². The fourth-order valence-corrected chi connectivity index (χ4v) is 5.49. The number of benzene rings is 2. The van der Waals surface area contributed by atoms with Crippen molar-refractivity contribution in [1.82, 2.24) is 19.1 Å². The van der Waals surface area contributed by atoms with Gasteiger partial charge in [0.2, 0.25) is 5.91 Å². The average Bonchev–Trinajstić information content (AvgIpc) is 3.30. The highest BCUT2D eigenvalue weighted by Crippen LogP contribution is 2.36.